The molecule has 0 bridgehead atoms. The summed E-state index contributed by atoms with van der Waals surface area (Å²) < 4.78 is 15.9. The number of anilines is 1. The van der Waals surface area contributed by atoms with Gasteiger partial charge in [0.1, 0.15) is 0 Å². The van der Waals surface area contributed by atoms with E-state index in [4.69, 9.17) is 13.7 Å². The third-order valence-corrected chi connectivity index (χ3v) is 6.16. The number of oxazole rings is 1. The van der Waals surface area contributed by atoms with Crippen LogP contribution in [-0.4, -0.2) is 34.7 Å². The summed E-state index contributed by atoms with van der Waals surface area (Å²) in [6, 6.07) is 7.92. The van der Waals surface area contributed by atoms with Gasteiger partial charge in [-0.1, -0.05) is 43.0 Å². The highest BCUT2D eigenvalue weighted by Crippen LogP contribution is 2.31. The SMILES string of the molecule is COc1ncc(-c2cccc(N(CCCCCc3nc(C)no3)C(=O)C3CCCCC3)c2)o1. The van der Waals surface area contributed by atoms with E-state index in [1.54, 1.807) is 6.20 Å². The predicted molar refractivity (Wildman–Crippen MR) is 124 cm³/mol. The highest BCUT2D eigenvalue weighted by atomic mass is 16.6. The molecule has 33 heavy (non-hydrogen) atoms. The Morgan fingerprint density at radius 1 is 1.18 bits per heavy atom. The number of carbonyl (C=O) groups is 1. The number of benzene rings is 1. The average Bonchev–Trinajstić information content (AvgIpc) is 3.50. The molecule has 1 amide bonds. The van der Waals surface area contributed by atoms with Crippen molar-refractivity contribution in [3.05, 3.63) is 42.2 Å². The van der Waals surface area contributed by atoms with Gasteiger partial charge in [-0.25, -0.2) is 0 Å². The van der Waals surface area contributed by atoms with Crippen molar-refractivity contribution in [3.63, 3.8) is 0 Å². The van der Waals surface area contributed by atoms with E-state index in [1.807, 2.05) is 36.1 Å². The standard InChI is InChI=1S/C25H32N4O4/c1-18-27-23(33-28-18)14-7-4-8-15-29(24(30)19-10-5-3-6-11-19)21-13-9-12-20(16-21)22-17-26-25(31-2)32-22/h9,12-13,16-17,19H,3-8,10-11,14-15H2,1-2H3. The van der Waals surface area contributed by atoms with Crippen LogP contribution < -0.4 is 9.64 Å². The van der Waals surface area contributed by atoms with Crippen molar-refractivity contribution < 1.29 is 18.5 Å². The van der Waals surface area contributed by atoms with E-state index >= 15 is 0 Å². The summed E-state index contributed by atoms with van der Waals surface area (Å²) in [6.45, 7) is 2.51. The summed E-state index contributed by atoms with van der Waals surface area (Å²) in [5.41, 5.74) is 1.77. The summed E-state index contributed by atoms with van der Waals surface area (Å²) in [4.78, 5) is 23.8. The molecule has 0 saturated heterocycles. The Kier molecular flexibility index (Phi) is 7.75. The zero-order valence-electron chi connectivity index (χ0n) is 19.5. The normalized spacial score (nSPS) is 14.4. The molecule has 1 aliphatic rings. The van der Waals surface area contributed by atoms with Gasteiger partial charge in [-0.15, -0.1) is 0 Å². The molecule has 3 aromatic rings. The van der Waals surface area contributed by atoms with Crippen LogP contribution in [-0.2, 0) is 11.2 Å². The molecular weight excluding hydrogens is 420 g/mol. The van der Waals surface area contributed by atoms with Crippen molar-refractivity contribution >= 4 is 11.6 Å². The number of hydrogen-bond acceptors (Lipinski definition) is 7. The van der Waals surface area contributed by atoms with Crippen LogP contribution in [0.2, 0.25) is 0 Å². The number of ether oxygens (including phenoxy) is 1. The second kappa shape index (κ2) is 11.1. The van der Waals surface area contributed by atoms with Gasteiger partial charge in [0.2, 0.25) is 11.8 Å². The summed E-state index contributed by atoms with van der Waals surface area (Å²) in [6.07, 6.45) is 10.9. The lowest BCUT2D eigenvalue weighted by molar-refractivity contribution is -0.123. The van der Waals surface area contributed by atoms with E-state index in [-0.39, 0.29) is 17.9 Å². The molecule has 0 radical (unpaired) electrons. The fraction of sp³-hybridized carbons (Fsp3) is 0.520. The molecule has 0 spiro atoms. The lowest BCUT2D eigenvalue weighted by Crippen LogP contribution is -2.38. The minimum absolute atomic E-state index is 0.106. The molecule has 1 aliphatic carbocycles. The molecule has 4 rings (SSSR count). The lowest BCUT2D eigenvalue weighted by atomic mass is 9.88. The first-order chi connectivity index (χ1) is 16.1. The Morgan fingerprint density at radius 2 is 2.03 bits per heavy atom. The van der Waals surface area contributed by atoms with Gasteiger partial charge in [0.15, 0.2) is 11.6 Å². The smallest absolute Gasteiger partial charge is 0.393 e. The van der Waals surface area contributed by atoms with Gasteiger partial charge in [-0.3, -0.25) is 4.79 Å². The topological polar surface area (TPSA) is 94.5 Å². The van der Waals surface area contributed by atoms with Crippen molar-refractivity contribution in [1.82, 2.24) is 15.1 Å². The van der Waals surface area contributed by atoms with Gasteiger partial charge in [0, 0.05) is 30.1 Å². The van der Waals surface area contributed by atoms with Crippen LogP contribution in [0.15, 0.2) is 39.4 Å². The first-order valence-electron chi connectivity index (χ1n) is 11.8. The minimum atomic E-state index is 0.106. The molecule has 0 unspecified atom stereocenters. The van der Waals surface area contributed by atoms with Gasteiger partial charge in [0.25, 0.3) is 0 Å². The highest BCUT2D eigenvalue weighted by Gasteiger charge is 2.27. The molecule has 1 aromatic carbocycles. The summed E-state index contributed by atoms with van der Waals surface area (Å²) in [5, 5.41) is 3.84. The maximum Gasteiger partial charge on any atom is 0.393 e. The van der Waals surface area contributed by atoms with Crippen molar-refractivity contribution in [2.45, 2.75) is 64.7 Å². The molecule has 8 nitrogen and oxygen atoms in total. The Morgan fingerprint density at radius 3 is 2.76 bits per heavy atom. The van der Waals surface area contributed by atoms with Crippen LogP contribution in [0.5, 0.6) is 6.08 Å². The highest BCUT2D eigenvalue weighted by molar-refractivity contribution is 5.95. The van der Waals surface area contributed by atoms with E-state index < -0.39 is 0 Å². The molecular formula is C25H32N4O4. The van der Waals surface area contributed by atoms with Crippen LogP contribution in [0.25, 0.3) is 11.3 Å². The van der Waals surface area contributed by atoms with E-state index in [9.17, 15) is 4.79 Å². The quantitative estimate of drug-likeness (QED) is 0.382. The van der Waals surface area contributed by atoms with Gasteiger partial charge < -0.3 is 18.6 Å². The number of unbranched alkanes of at least 4 members (excludes halogenated alkanes) is 2. The number of amides is 1. The van der Waals surface area contributed by atoms with Gasteiger partial charge in [-0.2, -0.15) is 9.97 Å². The van der Waals surface area contributed by atoms with Crippen molar-refractivity contribution in [3.8, 4) is 17.4 Å². The Bertz CT molecular complexity index is 1040. The summed E-state index contributed by atoms with van der Waals surface area (Å²) in [7, 11) is 1.52. The van der Waals surface area contributed by atoms with Crippen LogP contribution in [0.1, 0.15) is 63.1 Å². The van der Waals surface area contributed by atoms with Gasteiger partial charge >= 0.3 is 6.08 Å². The van der Waals surface area contributed by atoms with Crippen LogP contribution >= 0.6 is 0 Å². The molecule has 2 heterocycles. The van der Waals surface area contributed by atoms with Crippen molar-refractivity contribution in [2.24, 2.45) is 5.92 Å². The van der Waals surface area contributed by atoms with Crippen molar-refractivity contribution in [2.75, 3.05) is 18.6 Å². The van der Waals surface area contributed by atoms with E-state index in [1.165, 1.54) is 13.5 Å². The summed E-state index contributed by atoms with van der Waals surface area (Å²) in [5.74, 6) is 2.30. The number of rotatable bonds is 10. The number of methoxy groups -OCH3 is 1. The summed E-state index contributed by atoms with van der Waals surface area (Å²) >= 11 is 0. The molecule has 8 heteroatoms. The molecule has 176 valence electrons. The molecule has 1 saturated carbocycles. The maximum atomic E-state index is 13.5. The monoisotopic (exact) mass is 452 g/mol. The molecule has 1 fully saturated rings. The number of hydrogen-bond donors (Lipinski definition) is 0. The minimum Gasteiger partial charge on any atom is -0.454 e. The van der Waals surface area contributed by atoms with E-state index in [2.05, 4.69) is 15.1 Å². The molecule has 0 atom stereocenters. The third-order valence-electron chi connectivity index (χ3n) is 6.16. The maximum absolute atomic E-state index is 13.5. The Hall–Kier alpha value is -3.16. The fourth-order valence-corrected chi connectivity index (χ4v) is 4.41. The Balaban J connectivity index is 1.45. The third kappa shape index (κ3) is 6.00. The Labute approximate surface area is 194 Å². The average molecular weight is 453 g/mol. The second-order valence-corrected chi connectivity index (χ2v) is 8.62. The van der Waals surface area contributed by atoms with E-state index in [0.29, 0.717) is 24.0 Å². The zero-order valence-corrected chi connectivity index (χ0v) is 19.5. The molecule has 2 aromatic heterocycles. The zero-order chi connectivity index (χ0) is 23.0. The number of carbonyl (C=O) groups excluding carboxylic acids is 1. The van der Waals surface area contributed by atoms with Crippen LogP contribution in [0.3, 0.4) is 0 Å². The predicted octanol–water partition coefficient (Wildman–Crippen LogP) is 5.37. The van der Waals surface area contributed by atoms with Crippen molar-refractivity contribution in [1.29, 1.82) is 0 Å². The number of aryl methyl sites for hydroxylation is 2. The molecule has 0 aliphatic heterocycles. The largest absolute Gasteiger partial charge is 0.454 e. The lowest BCUT2D eigenvalue weighted by Gasteiger charge is -2.30. The first kappa shape index (κ1) is 23.0. The second-order valence-electron chi connectivity index (χ2n) is 8.62. The van der Waals surface area contributed by atoms with Crippen LogP contribution in [0, 0.1) is 12.8 Å². The number of aromatic nitrogens is 3. The number of nitrogens with zero attached hydrogens (tertiary/aromatic N) is 4. The van der Waals surface area contributed by atoms with E-state index in [0.717, 1.165) is 62.6 Å². The van der Waals surface area contributed by atoms with Crippen LogP contribution in [0.4, 0.5) is 5.69 Å². The van der Waals surface area contributed by atoms with Gasteiger partial charge in [0.05, 0.1) is 13.3 Å². The first-order valence-corrected chi connectivity index (χ1v) is 11.8. The van der Waals surface area contributed by atoms with Gasteiger partial charge in [-0.05, 0) is 44.7 Å². The fourth-order valence-electron chi connectivity index (χ4n) is 4.41. The molecule has 0 N–H and O–H groups in total.